The molecule has 1 fully saturated rings. The number of carbonyl (C=O) groups is 2. The molecule has 2 rings (SSSR count). The van der Waals surface area contributed by atoms with Crippen molar-refractivity contribution in [1.82, 2.24) is 10.3 Å². The van der Waals surface area contributed by atoms with E-state index in [0.717, 1.165) is 6.42 Å². The average Bonchev–Trinajstić information content (AvgIpc) is 2.97. The van der Waals surface area contributed by atoms with Crippen LogP contribution in [0.1, 0.15) is 30.1 Å². The van der Waals surface area contributed by atoms with Crippen LogP contribution in [0.2, 0.25) is 0 Å². The van der Waals surface area contributed by atoms with Crippen molar-refractivity contribution in [2.45, 2.75) is 31.9 Å². The lowest BCUT2D eigenvalue weighted by atomic mass is 10.2. The lowest BCUT2D eigenvalue weighted by molar-refractivity contribution is -0.139. The minimum Gasteiger partial charge on any atom is -0.480 e. The number of hydrogen-bond donors (Lipinski definition) is 2. The molecule has 1 amide bonds. The maximum absolute atomic E-state index is 12.0. The highest BCUT2D eigenvalue weighted by atomic mass is 16.5. The fourth-order valence-corrected chi connectivity index (χ4v) is 1.97. The van der Waals surface area contributed by atoms with E-state index >= 15 is 0 Å². The molecule has 0 saturated carbocycles. The highest BCUT2D eigenvalue weighted by Crippen LogP contribution is 2.15. The molecule has 0 aliphatic carbocycles. The number of pyridine rings is 1. The van der Waals surface area contributed by atoms with E-state index in [4.69, 9.17) is 14.6 Å². The predicted octanol–water partition coefficient (Wildman–Crippen LogP) is 0.842. The second-order valence-electron chi connectivity index (χ2n) is 4.76. The van der Waals surface area contributed by atoms with E-state index in [1.165, 1.54) is 18.3 Å². The van der Waals surface area contributed by atoms with Crippen LogP contribution in [0.4, 0.5) is 0 Å². The fraction of sp³-hybridized carbons (Fsp3) is 0.500. The van der Waals surface area contributed by atoms with E-state index in [1.54, 1.807) is 6.92 Å². The topological polar surface area (TPSA) is 97.8 Å². The van der Waals surface area contributed by atoms with Gasteiger partial charge < -0.3 is 19.9 Å². The van der Waals surface area contributed by atoms with E-state index < -0.39 is 17.9 Å². The molecule has 2 N–H and O–H groups in total. The molecule has 1 aromatic heterocycles. The lowest BCUT2D eigenvalue weighted by Crippen LogP contribution is -2.40. The van der Waals surface area contributed by atoms with Crippen LogP contribution in [0.15, 0.2) is 18.3 Å². The van der Waals surface area contributed by atoms with Crippen molar-refractivity contribution in [2.24, 2.45) is 0 Å². The summed E-state index contributed by atoms with van der Waals surface area (Å²) in [5.41, 5.74) is 0.318. The van der Waals surface area contributed by atoms with Crippen LogP contribution in [0.5, 0.6) is 5.88 Å². The van der Waals surface area contributed by atoms with Gasteiger partial charge in [0, 0.05) is 24.2 Å². The van der Waals surface area contributed by atoms with Crippen molar-refractivity contribution in [3.63, 3.8) is 0 Å². The molecule has 0 spiro atoms. The molecule has 1 aliphatic rings. The molecule has 0 aromatic carbocycles. The summed E-state index contributed by atoms with van der Waals surface area (Å²) in [4.78, 5) is 27.0. The SMILES string of the molecule is CCC(NC(=O)c1ccnc(OC2CCOC2)c1)C(=O)O. The molecule has 0 radical (unpaired) electrons. The van der Waals surface area contributed by atoms with Crippen molar-refractivity contribution in [3.8, 4) is 5.88 Å². The molecule has 2 unspecified atom stereocenters. The Balaban J connectivity index is 2.02. The van der Waals surface area contributed by atoms with Gasteiger partial charge in [0.1, 0.15) is 12.1 Å². The molecule has 2 heterocycles. The Bertz CT molecular complexity index is 514. The van der Waals surface area contributed by atoms with Gasteiger partial charge in [-0.25, -0.2) is 9.78 Å². The molecule has 114 valence electrons. The molecule has 7 heteroatoms. The first-order chi connectivity index (χ1) is 10.1. The molecule has 7 nitrogen and oxygen atoms in total. The summed E-state index contributed by atoms with van der Waals surface area (Å²) in [6.07, 6.45) is 2.50. The monoisotopic (exact) mass is 294 g/mol. The van der Waals surface area contributed by atoms with Gasteiger partial charge in [0.15, 0.2) is 0 Å². The van der Waals surface area contributed by atoms with Crippen LogP contribution in [-0.2, 0) is 9.53 Å². The van der Waals surface area contributed by atoms with Crippen LogP contribution in [0.25, 0.3) is 0 Å². The largest absolute Gasteiger partial charge is 0.480 e. The van der Waals surface area contributed by atoms with Crippen LogP contribution < -0.4 is 10.1 Å². The second-order valence-corrected chi connectivity index (χ2v) is 4.76. The first-order valence-electron chi connectivity index (χ1n) is 6.84. The maximum atomic E-state index is 12.0. The number of rotatable bonds is 6. The zero-order valence-electron chi connectivity index (χ0n) is 11.7. The smallest absolute Gasteiger partial charge is 0.326 e. The Labute approximate surface area is 122 Å². The van der Waals surface area contributed by atoms with Gasteiger partial charge in [0.25, 0.3) is 5.91 Å². The Kier molecular flexibility index (Phi) is 5.10. The van der Waals surface area contributed by atoms with Crippen LogP contribution in [0, 0.1) is 0 Å². The zero-order chi connectivity index (χ0) is 15.2. The number of aliphatic carboxylic acids is 1. The summed E-state index contributed by atoms with van der Waals surface area (Å²) < 4.78 is 10.8. The van der Waals surface area contributed by atoms with Crippen LogP contribution in [-0.4, -0.2) is 47.3 Å². The highest BCUT2D eigenvalue weighted by molar-refractivity contribution is 5.96. The van der Waals surface area contributed by atoms with Gasteiger partial charge in [-0.05, 0) is 12.5 Å². The molecule has 21 heavy (non-hydrogen) atoms. The molecule has 2 atom stereocenters. The standard InChI is InChI=1S/C14H18N2O5/c1-2-11(14(18)19)16-13(17)9-3-5-15-12(7-9)21-10-4-6-20-8-10/h3,5,7,10-11H,2,4,6,8H2,1H3,(H,16,17)(H,18,19). The van der Waals surface area contributed by atoms with E-state index in [2.05, 4.69) is 10.3 Å². The quantitative estimate of drug-likeness (QED) is 0.807. The number of amides is 1. The van der Waals surface area contributed by atoms with Crippen molar-refractivity contribution < 1.29 is 24.2 Å². The van der Waals surface area contributed by atoms with Crippen LogP contribution in [0.3, 0.4) is 0 Å². The Hall–Kier alpha value is -2.15. The van der Waals surface area contributed by atoms with Gasteiger partial charge in [-0.15, -0.1) is 0 Å². The summed E-state index contributed by atoms with van der Waals surface area (Å²) in [7, 11) is 0. The summed E-state index contributed by atoms with van der Waals surface area (Å²) in [5.74, 6) is -1.18. The number of ether oxygens (including phenoxy) is 2. The number of aromatic nitrogens is 1. The Morgan fingerprint density at radius 3 is 3.05 bits per heavy atom. The van der Waals surface area contributed by atoms with Gasteiger partial charge in [-0.3, -0.25) is 4.79 Å². The van der Waals surface area contributed by atoms with Crippen LogP contribution >= 0.6 is 0 Å². The van der Waals surface area contributed by atoms with E-state index in [-0.39, 0.29) is 6.10 Å². The third kappa shape index (κ3) is 4.16. The van der Waals surface area contributed by atoms with Gasteiger partial charge >= 0.3 is 5.97 Å². The minimum absolute atomic E-state index is 0.0572. The summed E-state index contributed by atoms with van der Waals surface area (Å²) in [5, 5.41) is 11.4. The lowest BCUT2D eigenvalue weighted by Gasteiger charge is -2.14. The average molecular weight is 294 g/mol. The zero-order valence-corrected chi connectivity index (χ0v) is 11.7. The van der Waals surface area contributed by atoms with Gasteiger partial charge in [-0.2, -0.15) is 0 Å². The number of carboxylic acid groups (broad SMARTS) is 1. The van der Waals surface area contributed by atoms with Crippen molar-refractivity contribution in [3.05, 3.63) is 23.9 Å². The predicted molar refractivity (Wildman–Crippen MR) is 73.3 cm³/mol. The van der Waals surface area contributed by atoms with Crippen molar-refractivity contribution in [2.75, 3.05) is 13.2 Å². The molecular formula is C14H18N2O5. The van der Waals surface area contributed by atoms with Crippen molar-refractivity contribution in [1.29, 1.82) is 0 Å². The molecule has 0 bridgehead atoms. The number of hydrogen-bond acceptors (Lipinski definition) is 5. The number of nitrogens with zero attached hydrogens (tertiary/aromatic N) is 1. The van der Waals surface area contributed by atoms with Gasteiger partial charge in [0.05, 0.1) is 13.2 Å². The minimum atomic E-state index is -1.06. The number of nitrogens with one attached hydrogen (secondary N) is 1. The maximum Gasteiger partial charge on any atom is 0.326 e. The third-order valence-electron chi connectivity index (χ3n) is 3.18. The Morgan fingerprint density at radius 1 is 1.62 bits per heavy atom. The Morgan fingerprint density at radius 2 is 2.43 bits per heavy atom. The first kappa shape index (κ1) is 15.2. The van der Waals surface area contributed by atoms with E-state index in [9.17, 15) is 9.59 Å². The molecule has 1 aromatic rings. The van der Waals surface area contributed by atoms with E-state index in [0.29, 0.717) is 31.1 Å². The van der Waals surface area contributed by atoms with Gasteiger partial charge in [0.2, 0.25) is 5.88 Å². The third-order valence-corrected chi connectivity index (χ3v) is 3.18. The summed E-state index contributed by atoms with van der Waals surface area (Å²) >= 11 is 0. The molecule has 1 aliphatic heterocycles. The summed E-state index contributed by atoms with van der Waals surface area (Å²) in [6, 6.07) is 2.11. The first-order valence-corrected chi connectivity index (χ1v) is 6.84. The summed E-state index contributed by atoms with van der Waals surface area (Å²) in [6.45, 7) is 2.86. The normalized spacial score (nSPS) is 19.0. The van der Waals surface area contributed by atoms with Crippen molar-refractivity contribution >= 4 is 11.9 Å². The molecule has 1 saturated heterocycles. The second kappa shape index (κ2) is 7.03. The van der Waals surface area contributed by atoms with Gasteiger partial charge in [-0.1, -0.05) is 6.92 Å². The number of carbonyl (C=O) groups excluding carboxylic acids is 1. The molecular weight excluding hydrogens is 276 g/mol. The number of carboxylic acids is 1. The highest BCUT2D eigenvalue weighted by Gasteiger charge is 2.20. The fourth-order valence-electron chi connectivity index (χ4n) is 1.97. The van der Waals surface area contributed by atoms with E-state index in [1.807, 2.05) is 0 Å².